The standard InChI is InChI=1S/C28H31FN4O5/c1-5-28(4)14-22(34)33(26(30)32-28)19-10-11-37-20-8-6-15(12-17(19)20)25(36)31-23-18-13-16(29)7-9-21(18)38-27(2,3)24(23)35/h6-9,12-13,19,24,35H,5,10-11,14H2,1-4H3,(H2,30,32)/t19-,24+,28+/m1/s1. The molecule has 0 saturated heterocycles. The van der Waals surface area contributed by atoms with Crippen molar-refractivity contribution < 1.29 is 28.6 Å². The van der Waals surface area contributed by atoms with Crippen molar-refractivity contribution in [2.24, 2.45) is 15.7 Å². The van der Waals surface area contributed by atoms with E-state index in [0.29, 0.717) is 36.5 Å². The highest BCUT2D eigenvalue weighted by Gasteiger charge is 2.42. The summed E-state index contributed by atoms with van der Waals surface area (Å²) >= 11 is 0. The number of ether oxygens (including phenoxy) is 2. The van der Waals surface area contributed by atoms with Crippen molar-refractivity contribution in [1.82, 2.24) is 4.90 Å². The highest BCUT2D eigenvalue weighted by atomic mass is 19.1. The molecule has 0 fully saturated rings. The highest BCUT2D eigenvalue weighted by Crippen LogP contribution is 2.40. The number of nitrogens with zero attached hydrogens (tertiary/aromatic N) is 3. The zero-order valence-corrected chi connectivity index (χ0v) is 21.8. The third-order valence-corrected chi connectivity index (χ3v) is 7.50. The van der Waals surface area contributed by atoms with E-state index in [2.05, 4.69) is 9.98 Å². The molecule has 0 aliphatic carbocycles. The van der Waals surface area contributed by atoms with E-state index in [1.807, 2.05) is 13.8 Å². The van der Waals surface area contributed by atoms with Gasteiger partial charge in [0.05, 0.1) is 30.3 Å². The monoisotopic (exact) mass is 522 g/mol. The van der Waals surface area contributed by atoms with Crippen LogP contribution in [-0.2, 0) is 4.79 Å². The Morgan fingerprint density at radius 3 is 2.68 bits per heavy atom. The fourth-order valence-electron chi connectivity index (χ4n) is 5.13. The van der Waals surface area contributed by atoms with E-state index >= 15 is 0 Å². The van der Waals surface area contributed by atoms with Gasteiger partial charge in [0.25, 0.3) is 5.91 Å². The first-order chi connectivity index (χ1) is 17.9. The molecule has 0 unspecified atom stereocenters. The van der Waals surface area contributed by atoms with Gasteiger partial charge in [-0.2, -0.15) is 0 Å². The SMILES string of the molecule is CC[C@@]1(C)CC(=O)N([C@@H]2CCOc3ccc(C(=O)N=C4c5cc(F)ccc5OC(C)(C)[C@H]4O)cc32)C(N)=N1. The van der Waals surface area contributed by atoms with Gasteiger partial charge in [0.15, 0.2) is 5.96 Å². The van der Waals surface area contributed by atoms with Crippen LogP contribution >= 0.6 is 0 Å². The summed E-state index contributed by atoms with van der Waals surface area (Å²) < 4.78 is 25.7. The number of aliphatic hydroxyl groups excluding tert-OH is 1. The number of hydrogen-bond acceptors (Lipinski definition) is 7. The molecule has 200 valence electrons. The first-order valence-electron chi connectivity index (χ1n) is 12.7. The lowest BCUT2D eigenvalue weighted by Gasteiger charge is -2.40. The number of hydrogen-bond donors (Lipinski definition) is 2. The van der Waals surface area contributed by atoms with Crippen molar-refractivity contribution in [2.75, 3.05) is 6.61 Å². The van der Waals surface area contributed by atoms with Crippen LogP contribution in [0.5, 0.6) is 11.5 Å². The van der Waals surface area contributed by atoms with Gasteiger partial charge in [-0.25, -0.2) is 14.4 Å². The van der Waals surface area contributed by atoms with Gasteiger partial charge in [-0.05, 0) is 63.6 Å². The second-order valence-electron chi connectivity index (χ2n) is 10.7. The number of aliphatic hydroxyl groups is 1. The zero-order valence-electron chi connectivity index (χ0n) is 21.8. The Balaban J connectivity index is 1.53. The highest BCUT2D eigenvalue weighted by molar-refractivity contribution is 6.14. The maximum absolute atomic E-state index is 14.0. The van der Waals surface area contributed by atoms with Crippen molar-refractivity contribution in [1.29, 1.82) is 0 Å². The number of nitrogens with two attached hydrogens (primary N) is 1. The summed E-state index contributed by atoms with van der Waals surface area (Å²) in [5.41, 5.74) is 5.73. The van der Waals surface area contributed by atoms with Crippen molar-refractivity contribution in [3.63, 3.8) is 0 Å². The van der Waals surface area contributed by atoms with Crippen molar-refractivity contribution >= 4 is 23.5 Å². The summed E-state index contributed by atoms with van der Waals surface area (Å²) in [6.07, 6.45) is 0.108. The lowest BCUT2D eigenvalue weighted by atomic mass is 9.89. The second-order valence-corrected chi connectivity index (χ2v) is 10.7. The summed E-state index contributed by atoms with van der Waals surface area (Å²) in [6.45, 7) is 7.57. The van der Waals surface area contributed by atoms with Gasteiger partial charge < -0.3 is 20.3 Å². The Hall–Kier alpha value is -3.79. The molecule has 3 N–H and O–H groups in total. The maximum atomic E-state index is 14.0. The van der Waals surface area contributed by atoms with Gasteiger partial charge in [0, 0.05) is 23.1 Å². The van der Waals surface area contributed by atoms with Crippen LogP contribution in [0.15, 0.2) is 46.4 Å². The topological polar surface area (TPSA) is 127 Å². The van der Waals surface area contributed by atoms with Gasteiger partial charge in [-0.1, -0.05) is 6.92 Å². The molecule has 3 aliphatic rings. The summed E-state index contributed by atoms with van der Waals surface area (Å²) in [4.78, 5) is 36.9. The minimum absolute atomic E-state index is 0.0210. The fraction of sp³-hybridized carbons (Fsp3) is 0.429. The van der Waals surface area contributed by atoms with Crippen LogP contribution in [0.3, 0.4) is 0 Å². The molecule has 0 aromatic heterocycles. The number of fused-ring (bicyclic) bond motifs is 2. The number of halogens is 1. The normalized spacial score (nSPS) is 27.1. The van der Waals surface area contributed by atoms with Gasteiger partial charge in [0.1, 0.15) is 29.0 Å². The van der Waals surface area contributed by atoms with E-state index in [1.165, 1.54) is 23.1 Å². The van der Waals surface area contributed by atoms with Gasteiger partial charge >= 0.3 is 0 Å². The van der Waals surface area contributed by atoms with Gasteiger partial charge in [-0.15, -0.1) is 0 Å². The number of benzene rings is 2. The predicted octanol–water partition coefficient (Wildman–Crippen LogP) is 3.53. The molecule has 3 aliphatic heterocycles. The first kappa shape index (κ1) is 25.8. The number of aliphatic imine (C=N–C) groups is 2. The van der Waals surface area contributed by atoms with Crippen molar-refractivity contribution in [2.45, 2.75) is 70.2 Å². The van der Waals surface area contributed by atoms with Crippen LogP contribution in [-0.4, -0.2) is 57.3 Å². The third-order valence-electron chi connectivity index (χ3n) is 7.50. The van der Waals surface area contributed by atoms with E-state index in [-0.39, 0.29) is 35.1 Å². The van der Waals surface area contributed by atoms with Crippen LogP contribution in [0.1, 0.15) is 74.5 Å². The number of carbonyl (C=O) groups is 2. The van der Waals surface area contributed by atoms with E-state index in [1.54, 1.807) is 32.0 Å². The van der Waals surface area contributed by atoms with Crippen LogP contribution in [0, 0.1) is 5.82 Å². The van der Waals surface area contributed by atoms with Crippen LogP contribution in [0.4, 0.5) is 4.39 Å². The molecule has 2 aromatic carbocycles. The third kappa shape index (κ3) is 4.42. The molecule has 10 heteroatoms. The average molecular weight is 523 g/mol. The molecule has 0 spiro atoms. The molecule has 3 atom stereocenters. The minimum atomic E-state index is -1.27. The molecule has 9 nitrogen and oxygen atoms in total. The molecule has 2 aromatic rings. The number of guanidine groups is 1. The maximum Gasteiger partial charge on any atom is 0.277 e. The van der Waals surface area contributed by atoms with Gasteiger partial charge in [0.2, 0.25) is 5.91 Å². The fourth-order valence-corrected chi connectivity index (χ4v) is 5.13. The van der Waals surface area contributed by atoms with Crippen LogP contribution in [0.2, 0.25) is 0 Å². The van der Waals surface area contributed by atoms with E-state index < -0.39 is 35.0 Å². The van der Waals surface area contributed by atoms with Crippen LogP contribution < -0.4 is 15.2 Å². The summed E-state index contributed by atoms with van der Waals surface area (Å²) in [5, 5.41) is 10.9. The molecule has 2 amide bonds. The Morgan fingerprint density at radius 2 is 1.97 bits per heavy atom. The molecular weight excluding hydrogens is 491 g/mol. The van der Waals surface area contributed by atoms with Gasteiger partial charge in [-0.3, -0.25) is 14.5 Å². The Kier molecular flexibility index (Phi) is 6.25. The summed E-state index contributed by atoms with van der Waals surface area (Å²) in [6, 6.07) is 8.28. The molecular formula is C28H31FN4O5. The quantitative estimate of drug-likeness (QED) is 0.635. The van der Waals surface area contributed by atoms with Crippen LogP contribution in [0.25, 0.3) is 0 Å². The Bertz CT molecular complexity index is 1390. The smallest absolute Gasteiger partial charge is 0.277 e. The zero-order chi connectivity index (χ0) is 27.4. The van der Waals surface area contributed by atoms with Crippen molar-refractivity contribution in [3.05, 3.63) is 58.9 Å². The summed E-state index contributed by atoms with van der Waals surface area (Å²) in [5.74, 6) is -0.310. The predicted molar refractivity (Wildman–Crippen MR) is 139 cm³/mol. The average Bonchev–Trinajstić information content (AvgIpc) is 2.86. The lowest BCUT2D eigenvalue weighted by Crippen LogP contribution is -2.52. The van der Waals surface area contributed by atoms with E-state index in [0.717, 1.165) is 0 Å². The number of rotatable bonds is 3. The molecule has 0 bridgehead atoms. The Labute approximate surface area is 220 Å². The molecule has 0 saturated carbocycles. The molecule has 3 heterocycles. The first-order valence-corrected chi connectivity index (χ1v) is 12.7. The molecule has 5 rings (SSSR count). The minimum Gasteiger partial charge on any atom is -0.493 e. The van der Waals surface area contributed by atoms with Crippen molar-refractivity contribution in [3.8, 4) is 11.5 Å². The summed E-state index contributed by atoms with van der Waals surface area (Å²) in [7, 11) is 0. The largest absolute Gasteiger partial charge is 0.493 e. The molecule has 38 heavy (non-hydrogen) atoms. The van der Waals surface area contributed by atoms with E-state index in [4.69, 9.17) is 15.2 Å². The number of amides is 2. The number of carbonyl (C=O) groups excluding carboxylic acids is 2. The lowest BCUT2D eigenvalue weighted by molar-refractivity contribution is -0.131. The Morgan fingerprint density at radius 1 is 1.24 bits per heavy atom. The molecule has 0 radical (unpaired) electrons. The van der Waals surface area contributed by atoms with E-state index in [9.17, 15) is 19.1 Å². The second kappa shape index (κ2) is 9.20.